The van der Waals surface area contributed by atoms with Gasteiger partial charge in [-0.2, -0.15) is 0 Å². The van der Waals surface area contributed by atoms with E-state index >= 15 is 0 Å². The molecule has 9 heteroatoms. The van der Waals surface area contributed by atoms with Crippen LogP contribution in [-0.4, -0.2) is 25.8 Å². The number of aromatic carboxylic acids is 1. The van der Waals surface area contributed by atoms with E-state index in [1.54, 1.807) is 0 Å². The van der Waals surface area contributed by atoms with E-state index in [1.165, 1.54) is 0 Å². The van der Waals surface area contributed by atoms with Crippen LogP contribution in [0.5, 0.6) is 0 Å². The Morgan fingerprint density at radius 2 is 1.94 bits per heavy atom. The minimum atomic E-state index is -4.63. The van der Waals surface area contributed by atoms with Crippen LogP contribution in [0, 0.1) is 10.1 Å². The van der Waals surface area contributed by atoms with Crippen molar-refractivity contribution in [3.63, 3.8) is 0 Å². The maximum absolute atomic E-state index is 10.8. The van der Waals surface area contributed by atoms with Gasteiger partial charge in [-0.3, -0.25) is 14.7 Å². The van der Waals surface area contributed by atoms with Crippen LogP contribution in [-0.2, 0) is 4.57 Å². The fraction of sp³-hybridized carbons (Fsp3) is 0. The van der Waals surface area contributed by atoms with Gasteiger partial charge in [-0.1, -0.05) is 0 Å². The average molecular weight is 247 g/mol. The van der Waals surface area contributed by atoms with Gasteiger partial charge in [0.1, 0.15) is 5.56 Å². The van der Waals surface area contributed by atoms with Crippen molar-refractivity contribution in [2.45, 2.75) is 0 Å². The molecule has 16 heavy (non-hydrogen) atoms. The third kappa shape index (κ3) is 2.43. The summed E-state index contributed by atoms with van der Waals surface area (Å²) in [6.07, 6.45) is 0. The summed E-state index contributed by atoms with van der Waals surface area (Å²) in [5, 5.41) is 18.5. The van der Waals surface area contributed by atoms with E-state index < -0.39 is 35.0 Å². The number of benzene rings is 1. The number of nitrogens with zero attached hydrogens (tertiary/aromatic N) is 1. The maximum atomic E-state index is 10.8. The summed E-state index contributed by atoms with van der Waals surface area (Å²) >= 11 is 0. The number of nitro groups is 1. The lowest BCUT2D eigenvalue weighted by atomic mass is 10.2. The van der Waals surface area contributed by atoms with Crippen LogP contribution < -0.4 is 5.30 Å². The molecule has 1 aromatic carbocycles. The fourth-order valence-corrected chi connectivity index (χ4v) is 1.59. The van der Waals surface area contributed by atoms with Crippen molar-refractivity contribution in [1.82, 2.24) is 0 Å². The van der Waals surface area contributed by atoms with Crippen LogP contribution in [0.25, 0.3) is 0 Å². The highest BCUT2D eigenvalue weighted by atomic mass is 31.2. The van der Waals surface area contributed by atoms with E-state index in [2.05, 4.69) is 0 Å². The van der Waals surface area contributed by atoms with Gasteiger partial charge in [0.25, 0.3) is 5.69 Å². The highest BCUT2D eigenvalue weighted by Gasteiger charge is 2.25. The number of carboxylic acid groups (broad SMARTS) is 1. The molecule has 0 heterocycles. The van der Waals surface area contributed by atoms with Gasteiger partial charge in [0.2, 0.25) is 0 Å². The van der Waals surface area contributed by atoms with Crippen LogP contribution >= 0.6 is 7.60 Å². The summed E-state index contributed by atoms with van der Waals surface area (Å²) in [6.45, 7) is 0. The van der Waals surface area contributed by atoms with Crippen molar-refractivity contribution in [3.8, 4) is 0 Å². The molecule has 3 N–H and O–H groups in total. The van der Waals surface area contributed by atoms with Crippen molar-refractivity contribution in [1.29, 1.82) is 0 Å². The van der Waals surface area contributed by atoms with Gasteiger partial charge >= 0.3 is 13.6 Å². The topological polar surface area (TPSA) is 138 Å². The lowest BCUT2D eigenvalue weighted by molar-refractivity contribution is -0.385. The van der Waals surface area contributed by atoms with Crippen LogP contribution in [0.1, 0.15) is 10.4 Å². The van der Waals surface area contributed by atoms with Crippen LogP contribution in [0.2, 0.25) is 0 Å². The molecule has 0 aromatic heterocycles. The van der Waals surface area contributed by atoms with Crippen LogP contribution in [0.3, 0.4) is 0 Å². The lowest BCUT2D eigenvalue weighted by Gasteiger charge is -2.04. The standard InChI is InChI=1S/C7H6NO7P/c9-7(10)5-2-1-4(16(13,14)15)3-6(5)8(11)12/h1-3H,(H,9,10)(H2,13,14,15). The summed E-state index contributed by atoms with van der Waals surface area (Å²) < 4.78 is 10.8. The Bertz CT molecular complexity index is 505. The van der Waals surface area contributed by atoms with Gasteiger partial charge in [-0.15, -0.1) is 0 Å². The third-order valence-corrected chi connectivity index (χ3v) is 2.70. The molecule has 1 rings (SSSR count). The molecule has 0 aliphatic carbocycles. The number of hydrogen-bond donors (Lipinski definition) is 3. The normalized spacial score (nSPS) is 11.1. The quantitative estimate of drug-likeness (QED) is 0.391. The zero-order valence-corrected chi connectivity index (χ0v) is 8.50. The predicted octanol–water partition coefficient (Wildman–Crippen LogP) is 0.0960. The first-order valence-electron chi connectivity index (χ1n) is 3.81. The summed E-state index contributed by atoms with van der Waals surface area (Å²) in [5.74, 6) is -1.54. The number of hydrogen-bond acceptors (Lipinski definition) is 4. The van der Waals surface area contributed by atoms with Gasteiger partial charge in [-0.05, 0) is 12.1 Å². The van der Waals surface area contributed by atoms with Gasteiger partial charge in [0.15, 0.2) is 0 Å². The molecule has 0 spiro atoms. The first-order valence-corrected chi connectivity index (χ1v) is 5.42. The van der Waals surface area contributed by atoms with Crippen LogP contribution in [0.4, 0.5) is 5.69 Å². The Hall–Kier alpha value is -1.76. The molecule has 1 aromatic rings. The number of rotatable bonds is 3. The average Bonchev–Trinajstić information content (AvgIpc) is 2.15. The Balaban J connectivity index is 3.46. The van der Waals surface area contributed by atoms with E-state index in [-0.39, 0.29) is 0 Å². The Morgan fingerprint density at radius 1 is 1.38 bits per heavy atom. The van der Waals surface area contributed by atoms with E-state index in [9.17, 15) is 19.5 Å². The zero-order valence-electron chi connectivity index (χ0n) is 7.60. The van der Waals surface area contributed by atoms with Crippen molar-refractivity contribution in [2.24, 2.45) is 0 Å². The van der Waals surface area contributed by atoms with Crippen molar-refractivity contribution >= 4 is 24.6 Å². The first kappa shape index (κ1) is 12.3. The molecule has 0 amide bonds. The van der Waals surface area contributed by atoms with Crippen LogP contribution in [0.15, 0.2) is 18.2 Å². The molecule has 0 aliphatic heterocycles. The SMILES string of the molecule is O=C(O)c1ccc(P(=O)(O)O)cc1[N+](=O)[O-]. The molecular weight excluding hydrogens is 241 g/mol. The molecule has 86 valence electrons. The minimum absolute atomic E-state index is 0.560. The fourth-order valence-electron chi connectivity index (χ4n) is 1.03. The second kappa shape index (κ2) is 4.01. The minimum Gasteiger partial charge on any atom is -0.477 e. The summed E-state index contributed by atoms with van der Waals surface area (Å²) in [7, 11) is -4.63. The van der Waals surface area contributed by atoms with E-state index in [4.69, 9.17) is 14.9 Å². The molecular formula is C7H6NO7P. The van der Waals surface area contributed by atoms with E-state index in [0.717, 1.165) is 12.1 Å². The number of carboxylic acids is 1. The smallest absolute Gasteiger partial charge is 0.356 e. The molecule has 0 atom stereocenters. The van der Waals surface area contributed by atoms with E-state index in [1.807, 2.05) is 0 Å². The van der Waals surface area contributed by atoms with Gasteiger partial charge in [0, 0.05) is 6.07 Å². The van der Waals surface area contributed by atoms with Gasteiger partial charge < -0.3 is 14.9 Å². The van der Waals surface area contributed by atoms with Gasteiger partial charge in [0.05, 0.1) is 10.2 Å². The monoisotopic (exact) mass is 247 g/mol. The lowest BCUT2D eigenvalue weighted by Crippen LogP contribution is -2.10. The number of nitro benzene ring substituents is 1. The summed E-state index contributed by atoms with van der Waals surface area (Å²) in [5.41, 5.74) is -1.48. The maximum Gasteiger partial charge on any atom is 0.356 e. The number of carbonyl (C=O) groups is 1. The largest absolute Gasteiger partial charge is 0.477 e. The molecule has 0 unspecified atom stereocenters. The Morgan fingerprint density at radius 3 is 2.31 bits per heavy atom. The van der Waals surface area contributed by atoms with Crippen molar-refractivity contribution in [2.75, 3.05) is 0 Å². The zero-order chi connectivity index (χ0) is 12.5. The van der Waals surface area contributed by atoms with Gasteiger partial charge in [-0.25, -0.2) is 4.79 Å². The molecule has 0 aliphatic rings. The first-order chi connectivity index (χ1) is 7.23. The molecule has 8 nitrogen and oxygen atoms in total. The van der Waals surface area contributed by atoms with E-state index in [0.29, 0.717) is 6.07 Å². The molecule has 0 fully saturated rings. The van der Waals surface area contributed by atoms with Crippen molar-refractivity contribution < 1.29 is 29.2 Å². The molecule has 0 bridgehead atoms. The molecule has 0 radical (unpaired) electrons. The second-order valence-corrected chi connectivity index (χ2v) is 4.41. The highest BCUT2D eigenvalue weighted by molar-refractivity contribution is 7.60. The predicted molar refractivity (Wildman–Crippen MR) is 51.7 cm³/mol. The highest BCUT2D eigenvalue weighted by Crippen LogP contribution is 2.34. The summed E-state index contributed by atoms with van der Waals surface area (Å²) in [6, 6.07) is 2.19. The molecule has 0 saturated heterocycles. The Kier molecular flexibility index (Phi) is 3.09. The second-order valence-electron chi connectivity index (χ2n) is 2.81. The van der Waals surface area contributed by atoms with Crippen molar-refractivity contribution in [3.05, 3.63) is 33.9 Å². The third-order valence-electron chi connectivity index (χ3n) is 1.74. The summed E-state index contributed by atoms with van der Waals surface area (Å²) in [4.78, 5) is 37.6. The Labute approximate surface area is 88.5 Å². The molecule has 0 saturated carbocycles.